The molecule has 0 saturated carbocycles. The molecule has 0 amide bonds. The van der Waals surface area contributed by atoms with Crippen molar-refractivity contribution < 1.29 is 9.47 Å². The van der Waals surface area contributed by atoms with Gasteiger partial charge in [0.15, 0.2) is 11.2 Å². The smallest absolute Gasteiger partial charge is 0.229 e. The quantitative estimate of drug-likeness (QED) is 0.495. The van der Waals surface area contributed by atoms with Crippen LogP contribution in [0.5, 0.6) is 11.5 Å². The Morgan fingerprint density at radius 1 is 0.931 bits per heavy atom. The van der Waals surface area contributed by atoms with Crippen molar-refractivity contribution >= 4 is 46.0 Å². The number of hydrogen-bond donors (Lipinski definition) is 1. The molecule has 0 radical (unpaired) electrons. The normalized spacial score (nSPS) is 10.9. The minimum Gasteiger partial charge on any atom is -0.495 e. The number of methoxy groups -OCH3 is 2. The molecule has 2 heterocycles. The van der Waals surface area contributed by atoms with E-state index >= 15 is 0 Å². The maximum Gasteiger partial charge on any atom is 0.229 e. The highest BCUT2D eigenvalue weighted by Gasteiger charge is 2.15. The van der Waals surface area contributed by atoms with E-state index in [1.165, 1.54) is 0 Å². The van der Waals surface area contributed by atoms with Gasteiger partial charge in [0, 0.05) is 5.69 Å². The zero-order valence-electron chi connectivity index (χ0n) is 15.8. The second kappa shape index (κ2) is 7.73. The third-order valence-corrected chi connectivity index (χ3v) is 4.85. The van der Waals surface area contributed by atoms with Crippen molar-refractivity contribution in [2.75, 3.05) is 19.5 Å². The monoisotopic (exact) mass is 430 g/mol. The lowest BCUT2D eigenvalue weighted by Gasteiger charge is -2.09. The minimum absolute atomic E-state index is 0.388. The molecule has 2 aromatic carbocycles. The van der Waals surface area contributed by atoms with Gasteiger partial charge in [0.05, 0.1) is 35.6 Å². The molecule has 0 atom stereocenters. The summed E-state index contributed by atoms with van der Waals surface area (Å²) in [7, 11) is 3.13. The van der Waals surface area contributed by atoms with Crippen molar-refractivity contribution in [2.24, 2.45) is 0 Å². The second-order valence-electron chi connectivity index (χ2n) is 6.10. The highest BCUT2D eigenvalue weighted by atomic mass is 35.5. The van der Waals surface area contributed by atoms with E-state index < -0.39 is 0 Å². The fourth-order valence-corrected chi connectivity index (χ4v) is 3.35. The number of ether oxygens (including phenoxy) is 2. The molecule has 0 saturated heterocycles. The van der Waals surface area contributed by atoms with E-state index in [-0.39, 0.29) is 0 Å². The number of aryl methyl sites for hydroxylation is 1. The minimum atomic E-state index is 0.388. The van der Waals surface area contributed by atoms with E-state index in [1.54, 1.807) is 43.2 Å². The summed E-state index contributed by atoms with van der Waals surface area (Å²) in [4.78, 5) is 9.04. The summed E-state index contributed by atoms with van der Waals surface area (Å²) in [5, 5.41) is 12.5. The molecule has 10 heteroatoms. The topological polar surface area (TPSA) is 87.0 Å². The van der Waals surface area contributed by atoms with Crippen molar-refractivity contribution in [3.8, 4) is 17.2 Å². The molecule has 4 aromatic rings. The predicted octanol–water partition coefficient (Wildman–Crippen LogP) is 4.59. The van der Waals surface area contributed by atoms with Gasteiger partial charge in [-0.2, -0.15) is 9.67 Å². The molecule has 0 fully saturated rings. The van der Waals surface area contributed by atoms with E-state index in [0.29, 0.717) is 50.0 Å². The molecular weight excluding hydrogens is 415 g/mol. The van der Waals surface area contributed by atoms with Gasteiger partial charge in [-0.3, -0.25) is 0 Å². The van der Waals surface area contributed by atoms with Gasteiger partial charge in [0.25, 0.3) is 0 Å². The molecule has 29 heavy (non-hydrogen) atoms. The molecule has 0 spiro atoms. The number of anilines is 2. The largest absolute Gasteiger partial charge is 0.495 e. The molecular formula is C19H16Cl2N6O2. The summed E-state index contributed by atoms with van der Waals surface area (Å²) < 4.78 is 12.0. The maximum atomic E-state index is 6.25. The number of fused-ring (bicyclic) bond motifs is 1. The summed E-state index contributed by atoms with van der Waals surface area (Å²) in [5.41, 5.74) is 3.25. The summed E-state index contributed by atoms with van der Waals surface area (Å²) in [5.74, 6) is 1.55. The second-order valence-corrected chi connectivity index (χ2v) is 6.91. The first-order valence-corrected chi connectivity index (χ1v) is 9.30. The van der Waals surface area contributed by atoms with E-state index in [2.05, 4.69) is 25.6 Å². The Labute approximate surface area is 176 Å². The van der Waals surface area contributed by atoms with Gasteiger partial charge in [-0.05, 0) is 43.3 Å². The first kappa shape index (κ1) is 19.2. The Balaban J connectivity index is 1.75. The third kappa shape index (κ3) is 3.64. The summed E-state index contributed by atoms with van der Waals surface area (Å²) >= 11 is 12.4. The van der Waals surface area contributed by atoms with Crippen LogP contribution in [-0.4, -0.2) is 39.2 Å². The number of nitrogens with zero attached hydrogens (tertiary/aromatic N) is 5. The summed E-state index contributed by atoms with van der Waals surface area (Å²) in [6.07, 6.45) is 0. The van der Waals surface area contributed by atoms with E-state index in [4.69, 9.17) is 32.7 Å². The Kier molecular flexibility index (Phi) is 5.12. The van der Waals surface area contributed by atoms with Crippen LogP contribution in [0.2, 0.25) is 10.0 Å². The van der Waals surface area contributed by atoms with Crippen LogP contribution in [0.15, 0.2) is 36.4 Å². The lowest BCUT2D eigenvalue weighted by molar-refractivity contribution is 0.415. The predicted molar refractivity (Wildman–Crippen MR) is 112 cm³/mol. The summed E-state index contributed by atoms with van der Waals surface area (Å²) in [6, 6.07) is 10.7. The van der Waals surface area contributed by atoms with Gasteiger partial charge < -0.3 is 14.8 Å². The van der Waals surface area contributed by atoms with Crippen LogP contribution in [0, 0.1) is 6.92 Å². The Morgan fingerprint density at radius 2 is 1.62 bits per heavy atom. The van der Waals surface area contributed by atoms with Gasteiger partial charge in [-0.15, -0.1) is 5.10 Å². The molecule has 4 rings (SSSR count). The first-order valence-electron chi connectivity index (χ1n) is 8.54. The fraction of sp³-hybridized carbons (Fsp3) is 0.158. The SMILES string of the molecule is COc1ccc(Nc2nc(C)c3nnn(-c4ccc(OC)c(Cl)c4)c3n2)cc1Cl. The van der Waals surface area contributed by atoms with Crippen molar-refractivity contribution in [1.29, 1.82) is 0 Å². The Bertz CT molecular complexity index is 1210. The van der Waals surface area contributed by atoms with Gasteiger partial charge in [-0.1, -0.05) is 28.4 Å². The average Bonchev–Trinajstić information content (AvgIpc) is 3.12. The maximum absolute atomic E-state index is 6.25. The van der Waals surface area contributed by atoms with Crippen LogP contribution in [0.4, 0.5) is 11.6 Å². The number of hydrogen-bond acceptors (Lipinski definition) is 7. The Hall–Kier alpha value is -3.10. The molecule has 2 aromatic heterocycles. The van der Waals surface area contributed by atoms with Crippen LogP contribution in [0.3, 0.4) is 0 Å². The highest BCUT2D eigenvalue weighted by Crippen LogP contribution is 2.30. The van der Waals surface area contributed by atoms with E-state index in [9.17, 15) is 0 Å². The number of benzene rings is 2. The van der Waals surface area contributed by atoms with Gasteiger partial charge in [0.2, 0.25) is 5.95 Å². The zero-order chi connectivity index (χ0) is 20.5. The molecule has 0 unspecified atom stereocenters. The van der Waals surface area contributed by atoms with E-state index in [0.717, 1.165) is 5.69 Å². The third-order valence-electron chi connectivity index (χ3n) is 4.26. The van der Waals surface area contributed by atoms with Crippen molar-refractivity contribution in [2.45, 2.75) is 6.92 Å². The average molecular weight is 431 g/mol. The first-order chi connectivity index (χ1) is 14.0. The molecule has 0 aliphatic rings. The van der Waals surface area contributed by atoms with Crippen molar-refractivity contribution in [3.05, 3.63) is 52.1 Å². The molecule has 0 bridgehead atoms. The van der Waals surface area contributed by atoms with Crippen molar-refractivity contribution in [1.82, 2.24) is 25.0 Å². The van der Waals surface area contributed by atoms with E-state index in [1.807, 2.05) is 19.1 Å². The van der Waals surface area contributed by atoms with Crippen LogP contribution in [0.1, 0.15) is 5.69 Å². The zero-order valence-corrected chi connectivity index (χ0v) is 17.3. The Morgan fingerprint density at radius 3 is 2.28 bits per heavy atom. The molecule has 0 aliphatic carbocycles. The molecule has 0 aliphatic heterocycles. The van der Waals surface area contributed by atoms with Crippen LogP contribution < -0.4 is 14.8 Å². The molecule has 1 N–H and O–H groups in total. The number of nitrogens with one attached hydrogen (secondary N) is 1. The van der Waals surface area contributed by atoms with Crippen LogP contribution >= 0.6 is 23.2 Å². The number of rotatable bonds is 5. The lowest BCUT2D eigenvalue weighted by atomic mass is 10.3. The van der Waals surface area contributed by atoms with Gasteiger partial charge >= 0.3 is 0 Å². The van der Waals surface area contributed by atoms with Crippen molar-refractivity contribution in [3.63, 3.8) is 0 Å². The molecule has 148 valence electrons. The standard InChI is InChI=1S/C19H16Cl2N6O2/c1-10-17-18(27(26-25-17)12-5-7-16(29-3)14(21)9-12)24-19(22-10)23-11-4-6-15(28-2)13(20)8-11/h4-9H,1-3H3,(H,22,23,24). The highest BCUT2D eigenvalue weighted by molar-refractivity contribution is 6.32. The molecule has 8 nitrogen and oxygen atoms in total. The lowest BCUT2D eigenvalue weighted by Crippen LogP contribution is -2.03. The van der Waals surface area contributed by atoms with Gasteiger partial charge in [-0.25, -0.2) is 4.98 Å². The summed E-state index contributed by atoms with van der Waals surface area (Å²) in [6.45, 7) is 1.84. The number of aromatic nitrogens is 5. The van der Waals surface area contributed by atoms with Crippen LogP contribution in [0.25, 0.3) is 16.9 Å². The van der Waals surface area contributed by atoms with Gasteiger partial charge in [0.1, 0.15) is 11.5 Å². The number of halogens is 2. The fourth-order valence-electron chi connectivity index (χ4n) is 2.84. The van der Waals surface area contributed by atoms with Crippen LogP contribution in [-0.2, 0) is 0 Å².